The van der Waals surface area contributed by atoms with Crippen molar-refractivity contribution in [2.45, 2.75) is 484 Å². The maximum Gasteiger partial charge on any atom is 0.472 e. The number of aliphatic hydroxyl groups is 1. The smallest absolute Gasteiger partial charge is 0.462 e. The molecule has 17 nitrogen and oxygen atoms in total. The summed E-state index contributed by atoms with van der Waals surface area (Å²) in [7, 11) is -9.93. The third-order valence-electron chi connectivity index (χ3n) is 20.5. The number of esters is 4. The molecule has 0 saturated heterocycles. The summed E-state index contributed by atoms with van der Waals surface area (Å²) < 4.78 is 68.9. The molecule has 0 aromatic rings. The first-order valence-corrected chi connectivity index (χ1v) is 48.0. The zero-order valence-electron chi connectivity index (χ0n) is 69.7. The van der Waals surface area contributed by atoms with Crippen molar-refractivity contribution in [2.75, 3.05) is 39.6 Å². The molecule has 0 amide bonds. The number of phosphoric ester groups is 2. The van der Waals surface area contributed by atoms with Crippen molar-refractivity contribution in [2.24, 2.45) is 11.8 Å². The maximum atomic E-state index is 13.2. The van der Waals surface area contributed by atoms with Gasteiger partial charge in [0.15, 0.2) is 12.2 Å². The van der Waals surface area contributed by atoms with Crippen LogP contribution in [0.15, 0.2) is 0 Å². The Balaban J connectivity index is 5.21. The van der Waals surface area contributed by atoms with E-state index in [4.69, 9.17) is 37.0 Å². The zero-order valence-corrected chi connectivity index (χ0v) is 71.5. The minimum Gasteiger partial charge on any atom is -0.462 e. The van der Waals surface area contributed by atoms with E-state index in [1.165, 1.54) is 283 Å². The van der Waals surface area contributed by atoms with E-state index >= 15 is 0 Å². The number of hydrogen-bond donors (Lipinski definition) is 3. The van der Waals surface area contributed by atoms with Gasteiger partial charge in [0.1, 0.15) is 19.3 Å². The molecule has 0 radical (unpaired) electrons. The van der Waals surface area contributed by atoms with Gasteiger partial charge < -0.3 is 33.8 Å². The lowest BCUT2D eigenvalue weighted by atomic mass is 10.0. The zero-order chi connectivity index (χ0) is 77.8. The van der Waals surface area contributed by atoms with Crippen LogP contribution in [0.5, 0.6) is 0 Å². The topological polar surface area (TPSA) is 237 Å². The quantitative estimate of drug-likeness (QED) is 0.0222. The number of unbranched alkanes of at least 4 members (excludes halogenated alkanes) is 56. The lowest BCUT2D eigenvalue weighted by molar-refractivity contribution is -0.161. The van der Waals surface area contributed by atoms with Crippen LogP contribution in [0, 0.1) is 11.8 Å². The van der Waals surface area contributed by atoms with Gasteiger partial charge in [-0.05, 0) is 37.5 Å². The predicted molar refractivity (Wildman–Crippen MR) is 437 cm³/mol. The van der Waals surface area contributed by atoms with Gasteiger partial charge in [-0.2, -0.15) is 0 Å². The number of carbonyl (C=O) groups excluding carboxylic acids is 4. The lowest BCUT2D eigenvalue weighted by Crippen LogP contribution is -2.30. The van der Waals surface area contributed by atoms with Crippen molar-refractivity contribution in [1.29, 1.82) is 0 Å². The van der Waals surface area contributed by atoms with Gasteiger partial charge >= 0.3 is 39.5 Å². The van der Waals surface area contributed by atoms with Gasteiger partial charge in [-0.25, -0.2) is 9.13 Å². The molecule has 0 bridgehead atoms. The van der Waals surface area contributed by atoms with Gasteiger partial charge in [0.25, 0.3) is 0 Å². The van der Waals surface area contributed by atoms with Crippen LogP contribution >= 0.6 is 15.6 Å². The fourth-order valence-electron chi connectivity index (χ4n) is 13.6. The highest BCUT2D eigenvalue weighted by Crippen LogP contribution is 2.45. The Bertz CT molecular complexity index is 2030. The lowest BCUT2D eigenvalue weighted by Gasteiger charge is -2.21. The fourth-order valence-corrected chi connectivity index (χ4v) is 15.2. The van der Waals surface area contributed by atoms with Crippen LogP contribution in [0.3, 0.4) is 0 Å². The van der Waals surface area contributed by atoms with E-state index in [0.29, 0.717) is 25.7 Å². The van der Waals surface area contributed by atoms with Crippen LogP contribution in [-0.2, 0) is 65.4 Å². The summed E-state index contributed by atoms with van der Waals surface area (Å²) in [5.74, 6) is -0.457. The molecule has 0 aromatic heterocycles. The third kappa shape index (κ3) is 80.1. The summed E-state index contributed by atoms with van der Waals surface area (Å²) >= 11 is 0. The molecule has 0 saturated carbocycles. The van der Waals surface area contributed by atoms with Crippen molar-refractivity contribution in [3.05, 3.63) is 0 Å². The highest BCUT2D eigenvalue weighted by molar-refractivity contribution is 7.47. The maximum absolute atomic E-state index is 13.2. The molecule has 106 heavy (non-hydrogen) atoms. The van der Waals surface area contributed by atoms with Gasteiger partial charge in [0.2, 0.25) is 0 Å². The summed E-state index contributed by atoms with van der Waals surface area (Å²) in [5.41, 5.74) is 0. The van der Waals surface area contributed by atoms with E-state index in [9.17, 15) is 43.2 Å². The molecule has 0 heterocycles. The number of hydrogen-bond acceptors (Lipinski definition) is 15. The van der Waals surface area contributed by atoms with Gasteiger partial charge in [0, 0.05) is 25.7 Å². The first kappa shape index (κ1) is 104. The van der Waals surface area contributed by atoms with E-state index in [0.717, 1.165) is 102 Å². The van der Waals surface area contributed by atoms with Gasteiger partial charge in [0.05, 0.1) is 26.4 Å². The Hall–Kier alpha value is -1.94. The Labute approximate surface area is 651 Å². The first-order valence-electron chi connectivity index (χ1n) is 45.0. The second-order valence-corrected chi connectivity index (χ2v) is 35.1. The molecule has 3 N–H and O–H groups in total. The molecule has 0 spiro atoms. The Morgan fingerprint density at radius 2 is 0.434 bits per heavy atom. The summed E-state index contributed by atoms with van der Waals surface area (Å²) in [4.78, 5) is 73.2. The van der Waals surface area contributed by atoms with E-state index in [-0.39, 0.29) is 25.7 Å². The van der Waals surface area contributed by atoms with E-state index < -0.39 is 97.5 Å². The number of ether oxygens (including phenoxy) is 4. The van der Waals surface area contributed by atoms with Crippen molar-refractivity contribution in [3.8, 4) is 0 Å². The molecular formula is C87H170O17P2. The normalized spacial score (nSPS) is 13.8. The van der Waals surface area contributed by atoms with Crippen LogP contribution in [0.25, 0.3) is 0 Å². The second-order valence-electron chi connectivity index (χ2n) is 32.2. The summed E-state index contributed by atoms with van der Waals surface area (Å²) in [6.45, 7) is 9.74. The Morgan fingerprint density at radius 3 is 0.642 bits per heavy atom. The first-order chi connectivity index (χ1) is 51.4. The van der Waals surface area contributed by atoms with E-state index in [2.05, 4.69) is 41.5 Å². The average molecular weight is 1550 g/mol. The average Bonchev–Trinajstić information content (AvgIpc) is 0.917. The molecule has 0 fully saturated rings. The van der Waals surface area contributed by atoms with Crippen molar-refractivity contribution in [3.63, 3.8) is 0 Å². The van der Waals surface area contributed by atoms with Gasteiger partial charge in [-0.15, -0.1) is 0 Å². The molecule has 0 aliphatic carbocycles. The number of carbonyl (C=O) groups is 4. The number of rotatable bonds is 86. The van der Waals surface area contributed by atoms with Crippen LogP contribution in [-0.4, -0.2) is 96.7 Å². The molecule has 0 aliphatic rings. The highest BCUT2D eigenvalue weighted by atomic mass is 31.2. The molecule has 5 atom stereocenters. The number of phosphoric acid groups is 2. The molecule has 0 rings (SSSR count). The molecular weight excluding hydrogens is 1380 g/mol. The summed E-state index contributed by atoms with van der Waals surface area (Å²) in [6.07, 6.45) is 70.8. The number of aliphatic hydroxyl groups excluding tert-OH is 1. The highest BCUT2D eigenvalue weighted by Gasteiger charge is 2.30. The van der Waals surface area contributed by atoms with Crippen LogP contribution < -0.4 is 0 Å². The summed E-state index contributed by atoms with van der Waals surface area (Å²) in [6, 6.07) is 0. The SMILES string of the molecule is CCCCCCCCCCCCCCCCC(=O)O[C@H](COC(=O)CCCCCCCCCCCC)COP(=O)(O)OC[C@H](O)COP(=O)(O)OC[C@@H](COC(=O)CCCCCCCCCCCCCCCCCCCCC(C)C)OC(=O)CCCCCCCCCCCCCCCCCCCCC(C)C. The molecule has 630 valence electrons. The van der Waals surface area contributed by atoms with Gasteiger partial charge in [-0.1, -0.05) is 414 Å². The third-order valence-corrected chi connectivity index (χ3v) is 22.4. The molecule has 2 unspecified atom stereocenters. The van der Waals surface area contributed by atoms with Crippen molar-refractivity contribution < 1.29 is 80.2 Å². The largest absolute Gasteiger partial charge is 0.472 e. The minimum atomic E-state index is -4.97. The van der Waals surface area contributed by atoms with Crippen LogP contribution in [0.4, 0.5) is 0 Å². The Morgan fingerprint density at radius 1 is 0.255 bits per heavy atom. The van der Waals surface area contributed by atoms with Crippen LogP contribution in [0.1, 0.15) is 465 Å². The van der Waals surface area contributed by atoms with Gasteiger partial charge in [-0.3, -0.25) is 37.3 Å². The fraction of sp³-hybridized carbons (Fsp3) is 0.954. The predicted octanol–water partition coefficient (Wildman–Crippen LogP) is 26.6. The standard InChI is InChI=1S/C87H170O17P2/c1-7-9-11-13-15-17-19-20-35-41-47-53-59-65-71-86(91)103-82(75-97-84(89)69-63-57-51-45-18-16-14-12-10-8-2)77-101-105(93,94)99-73-81(88)74-100-106(95,96)102-78-83(104-87(92)72-66-60-54-48-42-37-32-28-24-22-26-30-34-39-44-50-56-62-68-80(5)6)76-98-85(90)70-64-58-52-46-40-36-31-27-23-21-25-29-33-38-43-49-55-61-67-79(3)4/h79-83,88H,7-78H2,1-6H3,(H,93,94)(H,95,96)/t81-,82+,83+/m0/s1. The van der Waals surface area contributed by atoms with Crippen molar-refractivity contribution >= 4 is 39.5 Å². The minimum absolute atomic E-state index is 0.108. The second kappa shape index (κ2) is 78.3. The van der Waals surface area contributed by atoms with Crippen molar-refractivity contribution in [1.82, 2.24) is 0 Å². The molecule has 0 aliphatic heterocycles. The monoisotopic (exact) mass is 1550 g/mol. The Kier molecular flexibility index (Phi) is 76.9. The van der Waals surface area contributed by atoms with E-state index in [1.54, 1.807) is 0 Å². The molecule has 19 heteroatoms. The van der Waals surface area contributed by atoms with Crippen LogP contribution in [0.2, 0.25) is 0 Å². The summed E-state index contributed by atoms with van der Waals surface area (Å²) in [5, 5.41) is 10.7. The van der Waals surface area contributed by atoms with E-state index in [1.807, 2.05) is 0 Å². The molecule has 0 aromatic carbocycles.